The van der Waals surface area contributed by atoms with Gasteiger partial charge in [0.2, 0.25) is 0 Å². The molecule has 2 aliphatic heterocycles. The summed E-state index contributed by atoms with van der Waals surface area (Å²) in [6.45, 7) is 11.1. The van der Waals surface area contributed by atoms with Crippen molar-refractivity contribution in [2.24, 2.45) is 5.92 Å². The lowest BCUT2D eigenvalue weighted by Crippen LogP contribution is -2.49. The van der Waals surface area contributed by atoms with Crippen LogP contribution in [0.15, 0.2) is 12.7 Å². The van der Waals surface area contributed by atoms with E-state index in [4.69, 9.17) is 9.47 Å². The Morgan fingerprint density at radius 2 is 2.08 bits per heavy atom. The number of hydrogen-bond donors (Lipinski definition) is 0. The van der Waals surface area contributed by atoms with Crippen LogP contribution in [0, 0.1) is 5.92 Å². The molecule has 74 valence electrons. The molecule has 2 aliphatic rings. The third-order valence-corrected chi connectivity index (χ3v) is 3.25. The van der Waals surface area contributed by atoms with Gasteiger partial charge in [0, 0.05) is 12.3 Å². The van der Waals surface area contributed by atoms with Gasteiger partial charge in [-0.15, -0.1) is 6.58 Å². The SMILES string of the molecule is C=C[C@H]1OC(C)(C)C[C@@]2(CO2)[C@@H]1C. The van der Waals surface area contributed by atoms with E-state index in [2.05, 4.69) is 27.4 Å². The van der Waals surface area contributed by atoms with Crippen LogP contribution in [0.3, 0.4) is 0 Å². The highest BCUT2D eigenvalue weighted by Crippen LogP contribution is 2.49. The van der Waals surface area contributed by atoms with Gasteiger partial charge >= 0.3 is 0 Å². The van der Waals surface area contributed by atoms with Crippen molar-refractivity contribution >= 4 is 0 Å². The zero-order valence-electron chi connectivity index (χ0n) is 8.67. The van der Waals surface area contributed by atoms with Crippen LogP contribution in [0.1, 0.15) is 27.2 Å². The standard InChI is InChI=1S/C11H18O2/c1-5-9-8(2)11(7-12-11)6-10(3,4)13-9/h5,8-9H,1,6-7H2,2-4H3/t8-,9-,11-/m1/s1. The van der Waals surface area contributed by atoms with Crippen LogP contribution in [0.4, 0.5) is 0 Å². The zero-order valence-corrected chi connectivity index (χ0v) is 8.67. The predicted molar refractivity (Wildman–Crippen MR) is 51.6 cm³/mol. The Morgan fingerprint density at radius 1 is 1.46 bits per heavy atom. The monoisotopic (exact) mass is 182 g/mol. The predicted octanol–water partition coefficient (Wildman–Crippen LogP) is 2.15. The molecule has 2 fully saturated rings. The van der Waals surface area contributed by atoms with Gasteiger partial charge in [-0.2, -0.15) is 0 Å². The molecule has 1 spiro atoms. The molecule has 0 aromatic heterocycles. The number of hydrogen-bond acceptors (Lipinski definition) is 2. The molecule has 13 heavy (non-hydrogen) atoms. The molecular weight excluding hydrogens is 164 g/mol. The minimum absolute atomic E-state index is 0.0676. The van der Waals surface area contributed by atoms with E-state index in [-0.39, 0.29) is 17.3 Å². The largest absolute Gasteiger partial charge is 0.369 e. The normalized spacial score (nSPS) is 47.6. The molecule has 0 amide bonds. The lowest BCUT2D eigenvalue weighted by Gasteiger charge is -2.42. The molecule has 2 heterocycles. The van der Waals surface area contributed by atoms with Crippen LogP contribution in [0.25, 0.3) is 0 Å². The van der Waals surface area contributed by atoms with E-state index < -0.39 is 0 Å². The molecule has 2 rings (SSSR count). The third-order valence-electron chi connectivity index (χ3n) is 3.25. The van der Waals surface area contributed by atoms with E-state index in [0.717, 1.165) is 13.0 Å². The highest BCUT2D eigenvalue weighted by Gasteiger charge is 2.58. The second-order valence-electron chi connectivity index (χ2n) is 4.90. The Morgan fingerprint density at radius 3 is 2.54 bits per heavy atom. The van der Waals surface area contributed by atoms with E-state index in [0.29, 0.717) is 5.92 Å². The Labute approximate surface area is 79.9 Å². The molecule has 0 N–H and O–H groups in total. The van der Waals surface area contributed by atoms with E-state index in [1.807, 2.05) is 6.08 Å². The van der Waals surface area contributed by atoms with Gasteiger partial charge in [-0.05, 0) is 13.8 Å². The van der Waals surface area contributed by atoms with Gasteiger partial charge in [0.15, 0.2) is 0 Å². The van der Waals surface area contributed by atoms with Crippen molar-refractivity contribution in [1.82, 2.24) is 0 Å². The molecule has 0 aromatic rings. The molecule has 2 heteroatoms. The summed E-state index contributed by atoms with van der Waals surface area (Å²) >= 11 is 0. The highest BCUT2D eigenvalue weighted by atomic mass is 16.6. The smallest absolute Gasteiger partial charge is 0.0996 e. The van der Waals surface area contributed by atoms with Crippen LogP contribution in [0.2, 0.25) is 0 Å². The lowest BCUT2D eigenvalue weighted by atomic mass is 9.78. The van der Waals surface area contributed by atoms with E-state index in [1.54, 1.807) is 0 Å². The molecular formula is C11H18O2. The van der Waals surface area contributed by atoms with Crippen molar-refractivity contribution in [1.29, 1.82) is 0 Å². The fraction of sp³-hybridized carbons (Fsp3) is 0.818. The van der Waals surface area contributed by atoms with E-state index in [9.17, 15) is 0 Å². The number of epoxide rings is 1. The summed E-state index contributed by atoms with van der Waals surface area (Å²) in [4.78, 5) is 0. The third kappa shape index (κ3) is 1.42. The molecule has 0 saturated carbocycles. The van der Waals surface area contributed by atoms with Crippen molar-refractivity contribution in [3.8, 4) is 0 Å². The fourth-order valence-electron chi connectivity index (χ4n) is 2.40. The van der Waals surface area contributed by atoms with Gasteiger partial charge in [-0.3, -0.25) is 0 Å². The van der Waals surface area contributed by atoms with Crippen molar-refractivity contribution in [3.63, 3.8) is 0 Å². The first-order valence-corrected chi connectivity index (χ1v) is 4.93. The number of ether oxygens (including phenoxy) is 2. The first-order chi connectivity index (χ1) is 5.99. The van der Waals surface area contributed by atoms with E-state index >= 15 is 0 Å². The topological polar surface area (TPSA) is 21.8 Å². The van der Waals surface area contributed by atoms with Crippen molar-refractivity contribution < 1.29 is 9.47 Å². The van der Waals surface area contributed by atoms with Crippen molar-refractivity contribution in [2.45, 2.75) is 44.5 Å². The molecule has 0 aromatic carbocycles. The Hall–Kier alpha value is -0.340. The number of rotatable bonds is 1. The van der Waals surface area contributed by atoms with Gasteiger partial charge in [0.1, 0.15) is 0 Å². The molecule has 3 atom stereocenters. The maximum atomic E-state index is 5.91. The summed E-state index contributed by atoms with van der Waals surface area (Å²) in [5, 5.41) is 0. The maximum absolute atomic E-state index is 5.91. The second-order valence-corrected chi connectivity index (χ2v) is 4.90. The van der Waals surface area contributed by atoms with Gasteiger partial charge in [0.05, 0.1) is 23.9 Å². The second kappa shape index (κ2) is 2.58. The fourth-order valence-corrected chi connectivity index (χ4v) is 2.40. The summed E-state index contributed by atoms with van der Waals surface area (Å²) in [7, 11) is 0. The van der Waals surface area contributed by atoms with Crippen LogP contribution in [-0.4, -0.2) is 23.9 Å². The Balaban J connectivity index is 2.20. The summed E-state index contributed by atoms with van der Waals surface area (Å²) in [5.41, 5.74) is 0.0302. The summed E-state index contributed by atoms with van der Waals surface area (Å²) in [6, 6.07) is 0. The molecule has 2 saturated heterocycles. The Kier molecular flexibility index (Phi) is 1.83. The lowest BCUT2D eigenvalue weighted by molar-refractivity contribution is -0.139. The quantitative estimate of drug-likeness (QED) is 0.458. The van der Waals surface area contributed by atoms with E-state index in [1.165, 1.54) is 0 Å². The van der Waals surface area contributed by atoms with Crippen molar-refractivity contribution in [3.05, 3.63) is 12.7 Å². The zero-order chi connectivity index (χ0) is 9.69. The van der Waals surface area contributed by atoms with Crippen LogP contribution < -0.4 is 0 Å². The van der Waals surface area contributed by atoms with Crippen LogP contribution in [-0.2, 0) is 9.47 Å². The maximum Gasteiger partial charge on any atom is 0.0996 e. The molecule has 0 unspecified atom stereocenters. The average molecular weight is 182 g/mol. The minimum atomic E-state index is -0.0676. The minimum Gasteiger partial charge on any atom is -0.369 e. The summed E-state index contributed by atoms with van der Waals surface area (Å²) < 4.78 is 11.5. The van der Waals surface area contributed by atoms with Gasteiger partial charge in [-0.1, -0.05) is 13.0 Å². The molecule has 0 bridgehead atoms. The Bertz CT molecular complexity index is 228. The van der Waals surface area contributed by atoms with Gasteiger partial charge in [-0.25, -0.2) is 0 Å². The van der Waals surface area contributed by atoms with Gasteiger partial charge in [0.25, 0.3) is 0 Å². The molecule has 0 aliphatic carbocycles. The summed E-state index contributed by atoms with van der Waals surface area (Å²) in [5.74, 6) is 0.443. The molecule has 0 radical (unpaired) electrons. The highest BCUT2D eigenvalue weighted by molar-refractivity contribution is 5.09. The molecule has 2 nitrogen and oxygen atoms in total. The summed E-state index contributed by atoms with van der Waals surface area (Å²) in [6.07, 6.45) is 3.05. The van der Waals surface area contributed by atoms with Gasteiger partial charge < -0.3 is 9.47 Å². The van der Waals surface area contributed by atoms with Crippen LogP contribution >= 0.6 is 0 Å². The average Bonchev–Trinajstić information content (AvgIpc) is 2.77. The first-order valence-electron chi connectivity index (χ1n) is 4.93. The van der Waals surface area contributed by atoms with Crippen molar-refractivity contribution in [2.75, 3.05) is 6.61 Å². The van der Waals surface area contributed by atoms with Crippen LogP contribution in [0.5, 0.6) is 0 Å². The first kappa shape index (κ1) is 9.22.